The van der Waals surface area contributed by atoms with Gasteiger partial charge in [-0.25, -0.2) is 4.79 Å². The number of para-hydroxylation sites is 2. The molecule has 1 unspecified atom stereocenters. The van der Waals surface area contributed by atoms with Gasteiger partial charge in [-0.05, 0) is 50.2 Å². The molecule has 0 bridgehead atoms. The lowest BCUT2D eigenvalue weighted by atomic mass is 9.86. The van der Waals surface area contributed by atoms with Crippen LogP contribution in [0.3, 0.4) is 0 Å². The minimum absolute atomic E-state index is 0.0780. The van der Waals surface area contributed by atoms with Crippen molar-refractivity contribution in [3.8, 4) is 5.75 Å². The number of carbonyl (C=O) groups is 2. The molecule has 1 aromatic carbocycles. The van der Waals surface area contributed by atoms with E-state index in [1.165, 1.54) is 0 Å². The number of aliphatic carboxylic acids is 1. The van der Waals surface area contributed by atoms with Crippen LogP contribution in [0.4, 0.5) is 10.5 Å². The van der Waals surface area contributed by atoms with Crippen molar-refractivity contribution in [2.45, 2.75) is 38.1 Å². The summed E-state index contributed by atoms with van der Waals surface area (Å²) in [6, 6.07) is 7.93. The number of benzene rings is 1. The summed E-state index contributed by atoms with van der Waals surface area (Å²) in [6.45, 7) is 2.49. The minimum Gasteiger partial charge on any atom is -0.495 e. The van der Waals surface area contributed by atoms with Crippen LogP contribution in [0, 0.1) is 11.8 Å². The Hall–Kier alpha value is -2.44. The first kappa shape index (κ1) is 19.3. The van der Waals surface area contributed by atoms with Crippen LogP contribution in [0.1, 0.15) is 32.1 Å². The Balaban J connectivity index is 1.39. The predicted molar refractivity (Wildman–Crippen MR) is 103 cm³/mol. The first-order chi connectivity index (χ1) is 13.1. The number of carbonyl (C=O) groups excluding carboxylic acids is 1. The molecule has 1 aliphatic carbocycles. The van der Waals surface area contributed by atoms with Crippen LogP contribution in [-0.4, -0.2) is 49.9 Å². The number of carboxylic acid groups (broad SMARTS) is 1. The Morgan fingerprint density at radius 2 is 1.93 bits per heavy atom. The van der Waals surface area contributed by atoms with Gasteiger partial charge < -0.3 is 25.4 Å². The fourth-order valence-electron chi connectivity index (χ4n) is 4.07. The monoisotopic (exact) mass is 375 g/mol. The predicted octanol–water partition coefficient (Wildman–Crippen LogP) is 2.46. The third kappa shape index (κ3) is 5.05. The molecule has 1 aromatic rings. The second-order valence-corrected chi connectivity index (χ2v) is 7.51. The molecule has 2 aliphatic rings. The number of rotatable bonds is 6. The Morgan fingerprint density at radius 3 is 2.63 bits per heavy atom. The molecule has 2 fully saturated rings. The lowest BCUT2D eigenvalue weighted by Crippen LogP contribution is -2.45. The Morgan fingerprint density at radius 1 is 1.19 bits per heavy atom. The van der Waals surface area contributed by atoms with Gasteiger partial charge in [-0.2, -0.15) is 0 Å². The molecule has 2 amide bonds. The molecule has 0 spiro atoms. The molecule has 1 atom stereocenters. The van der Waals surface area contributed by atoms with Crippen molar-refractivity contribution in [2.75, 3.05) is 31.6 Å². The summed E-state index contributed by atoms with van der Waals surface area (Å²) < 4.78 is 5.44. The van der Waals surface area contributed by atoms with E-state index in [4.69, 9.17) is 9.84 Å². The highest BCUT2D eigenvalue weighted by Gasteiger charge is 2.28. The lowest BCUT2D eigenvalue weighted by molar-refractivity contribution is -0.142. The van der Waals surface area contributed by atoms with E-state index in [2.05, 4.69) is 21.6 Å². The molecule has 1 heterocycles. The number of nitrogens with one attached hydrogen (secondary N) is 2. The third-order valence-electron chi connectivity index (χ3n) is 5.67. The number of methoxy groups -OCH3 is 1. The zero-order chi connectivity index (χ0) is 19.2. The molecule has 148 valence electrons. The molecule has 1 saturated heterocycles. The first-order valence-electron chi connectivity index (χ1n) is 9.72. The van der Waals surface area contributed by atoms with Crippen molar-refractivity contribution in [3.05, 3.63) is 24.3 Å². The fraction of sp³-hybridized carbons (Fsp3) is 0.600. The van der Waals surface area contributed by atoms with Crippen molar-refractivity contribution in [1.82, 2.24) is 10.6 Å². The molecular weight excluding hydrogens is 346 g/mol. The van der Waals surface area contributed by atoms with Crippen LogP contribution >= 0.6 is 0 Å². The third-order valence-corrected chi connectivity index (χ3v) is 5.67. The molecule has 3 N–H and O–H groups in total. The SMILES string of the molecule is COc1ccccc1N1CCC(CNC(=O)NC2CCC(C(=O)O)CC2)C1. The molecule has 7 nitrogen and oxygen atoms in total. The maximum Gasteiger partial charge on any atom is 0.315 e. The van der Waals surface area contributed by atoms with Gasteiger partial charge in [0.25, 0.3) is 0 Å². The van der Waals surface area contributed by atoms with E-state index >= 15 is 0 Å². The van der Waals surface area contributed by atoms with Gasteiger partial charge in [0.05, 0.1) is 18.7 Å². The van der Waals surface area contributed by atoms with E-state index in [0.29, 0.717) is 25.3 Å². The largest absolute Gasteiger partial charge is 0.495 e. The summed E-state index contributed by atoms with van der Waals surface area (Å²) in [7, 11) is 1.68. The van der Waals surface area contributed by atoms with Crippen LogP contribution < -0.4 is 20.3 Å². The summed E-state index contributed by atoms with van der Waals surface area (Å²) >= 11 is 0. The number of carboxylic acids is 1. The quantitative estimate of drug-likeness (QED) is 0.711. The summed E-state index contributed by atoms with van der Waals surface area (Å²) in [5.74, 6) is 0.300. The van der Waals surface area contributed by atoms with Crippen molar-refractivity contribution >= 4 is 17.7 Å². The van der Waals surface area contributed by atoms with E-state index in [1.807, 2.05) is 18.2 Å². The van der Waals surface area contributed by atoms with E-state index in [-0.39, 0.29) is 18.0 Å². The summed E-state index contributed by atoms with van der Waals surface area (Å²) in [5.41, 5.74) is 1.10. The average Bonchev–Trinajstić information content (AvgIpc) is 3.15. The highest BCUT2D eigenvalue weighted by atomic mass is 16.5. The zero-order valence-corrected chi connectivity index (χ0v) is 15.8. The van der Waals surface area contributed by atoms with E-state index < -0.39 is 5.97 Å². The van der Waals surface area contributed by atoms with E-state index in [0.717, 1.165) is 43.8 Å². The molecule has 1 saturated carbocycles. The second-order valence-electron chi connectivity index (χ2n) is 7.51. The first-order valence-corrected chi connectivity index (χ1v) is 9.72. The van der Waals surface area contributed by atoms with E-state index in [1.54, 1.807) is 7.11 Å². The molecule has 27 heavy (non-hydrogen) atoms. The number of urea groups is 1. The van der Waals surface area contributed by atoms with Crippen molar-refractivity contribution in [3.63, 3.8) is 0 Å². The number of ether oxygens (including phenoxy) is 1. The highest BCUT2D eigenvalue weighted by molar-refractivity contribution is 5.74. The Kier molecular flexibility index (Phi) is 6.42. The van der Waals surface area contributed by atoms with Gasteiger partial charge in [0, 0.05) is 25.7 Å². The molecule has 1 aliphatic heterocycles. The number of anilines is 1. The second kappa shape index (κ2) is 8.97. The molecule has 7 heteroatoms. The normalized spacial score (nSPS) is 25.1. The molecular formula is C20H29N3O4. The maximum atomic E-state index is 12.2. The average molecular weight is 375 g/mol. The summed E-state index contributed by atoms with van der Waals surface area (Å²) in [6.07, 6.45) is 3.76. The fourth-order valence-corrected chi connectivity index (χ4v) is 4.07. The zero-order valence-electron chi connectivity index (χ0n) is 15.8. The standard InChI is InChI=1S/C20H29N3O4/c1-27-18-5-3-2-4-17(18)23-11-10-14(13-23)12-21-20(26)22-16-8-6-15(7-9-16)19(24)25/h2-5,14-16H,6-13H2,1H3,(H,24,25)(H2,21,22,26). The van der Waals surface area contributed by atoms with Gasteiger partial charge in [-0.3, -0.25) is 4.79 Å². The van der Waals surface area contributed by atoms with Crippen LogP contribution in [0.15, 0.2) is 24.3 Å². The molecule has 0 aromatic heterocycles. The smallest absolute Gasteiger partial charge is 0.315 e. The minimum atomic E-state index is -0.723. The number of nitrogens with zero attached hydrogens (tertiary/aromatic N) is 1. The number of hydrogen-bond acceptors (Lipinski definition) is 4. The van der Waals surface area contributed by atoms with Gasteiger partial charge in [0.1, 0.15) is 5.75 Å². The van der Waals surface area contributed by atoms with Crippen molar-refractivity contribution in [2.24, 2.45) is 11.8 Å². The summed E-state index contributed by atoms with van der Waals surface area (Å²) in [5, 5.41) is 15.0. The highest BCUT2D eigenvalue weighted by Crippen LogP contribution is 2.31. The maximum absolute atomic E-state index is 12.2. The number of hydrogen-bond donors (Lipinski definition) is 3. The number of amides is 2. The summed E-state index contributed by atoms with van der Waals surface area (Å²) in [4.78, 5) is 25.5. The van der Waals surface area contributed by atoms with Crippen molar-refractivity contribution in [1.29, 1.82) is 0 Å². The van der Waals surface area contributed by atoms with Gasteiger partial charge in [-0.1, -0.05) is 12.1 Å². The van der Waals surface area contributed by atoms with Gasteiger partial charge >= 0.3 is 12.0 Å². The van der Waals surface area contributed by atoms with Crippen LogP contribution in [0.25, 0.3) is 0 Å². The Bertz CT molecular complexity index is 658. The van der Waals surface area contributed by atoms with Crippen LogP contribution in [0.5, 0.6) is 5.75 Å². The lowest BCUT2D eigenvalue weighted by Gasteiger charge is -2.27. The Labute approximate surface area is 160 Å². The van der Waals surface area contributed by atoms with Crippen LogP contribution in [-0.2, 0) is 4.79 Å². The molecule has 3 rings (SSSR count). The van der Waals surface area contributed by atoms with E-state index in [9.17, 15) is 9.59 Å². The van der Waals surface area contributed by atoms with Crippen molar-refractivity contribution < 1.29 is 19.4 Å². The van der Waals surface area contributed by atoms with Gasteiger partial charge in [-0.15, -0.1) is 0 Å². The molecule has 0 radical (unpaired) electrons. The van der Waals surface area contributed by atoms with Crippen LogP contribution in [0.2, 0.25) is 0 Å². The van der Waals surface area contributed by atoms with Gasteiger partial charge in [0.2, 0.25) is 0 Å². The van der Waals surface area contributed by atoms with Gasteiger partial charge in [0.15, 0.2) is 0 Å². The topological polar surface area (TPSA) is 90.9 Å².